The molecule has 6 nitrogen and oxygen atoms in total. The minimum absolute atomic E-state index is 0.142. The third-order valence-corrected chi connectivity index (χ3v) is 2.51. The number of carboxylic acids is 1. The van der Waals surface area contributed by atoms with E-state index in [0.717, 1.165) is 0 Å². The number of likely N-dealkylation sites (N-methyl/N-ethyl adjacent to an activating group) is 2. The smallest absolute Gasteiger partial charge is 0.335 e. The largest absolute Gasteiger partial charge is 0.478 e. The number of carboxylic acid groups (broad SMARTS) is 1. The van der Waals surface area contributed by atoms with Crippen LogP contribution in [0.15, 0.2) is 12.1 Å². The third-order valence-electron chi connectivity index (χ3n) is 2.51. The maximum absolute atomic E-state index is 11.4. The second-order valence-electron chi connectivity index (χ2n) is 3.85. The molecule has 1 amide bonds. The van der Waals surface area contributed by atoms with Crippen LogP contribution < -0.4 is 10.2 Å². The molecule has 0 aromatic carbocycles. The summed E-state index contributed by atoms with van der Waals surface area (Å²) in [5, 5.41) is 11.5. The van der Waals surface area contributed by atoms with Gasteiger partial charge in [0.15, 0.2) is 0 Å². The standard InChI is InChI=1S/C12H17N3O3/c1-4-15(7-11(16)13-3)10-6-9(12(17)18)5-8(2)14-10/h5-6H,4,7H2,1-3H3,(H,13,16)(H,17,18). The Labute approximate surface area is 106 Å². The number of pyridine rings is 1. The fourth-order valence-corrected chi connectivity index (χ4v) is 1.54. The summed E-state index contributed by atoms with van der Waals surface area (Å²) >= 11 is 0. The number of anilines is 1. The van der Waals surface area contributed by atoms with Crippen LogP contribution in [0.3, 0.4) is 0 Å². The molecule has 0 fully saturated rings. The molecule has 98 valence electrons. The van der Waals surface area contributed by atoms with E-state index in [1.54, 1.807) is 18.9 Å². The van der Waals surface area contributed by atoms with Crippen LogP contribution in [0.5, 0.6) is 0 Å². The van der Waals surface area contributed by atoms with Crippen molar-refractivity contribution < 1.29 is 14.7 Å². The van der Waals surface area contributed by atoms with Crippen molar-refractivity contribution in [2.45, 2.75) is 13.8 Å². The summed E-state index contributed by atoms with van der Waals surface area (Å²) in [5.41, 5.74) is 0.785. The van der Waals surface area contributed by atoms with E-state index in [1.165, 1.54) is 12.1 Å². The number of aromatic nitrogens is 1. The zero-order valence-corrected chi connectivity index (χ0v) is 10.7. The van der Waals surface area contributed by atoms with Gasteiger partial charge in [0.05, 0.1) is 12.1 Å². The lowest BCUT2D eigenvalue weighted by atomic mass is 10.2. The molecule has 0 saturated carbocycles. The molecule has 0 aliphatic rings. The van der Waals surface area contributed by atoms with Crippen molar-refractivity contribution in [2.24, 2.45) is 0 Å². The van der Waals surface area contributed by atoms with E-state index in [-0.39, 0.29) is 18.0 Å². The highest BCUT2D eigenvalue weighted by atomic mass is 16.4. The van der Waals surface area contributed by atoms with Crippen LogP contribution >= 0.6 is 0 Å². The van der Waals surface area contributed by atoms with Crippen LogP contribution in [0, 0.1) is 6.92 Å². The fraction of sp³-hybridized carbons (Fsp3) is 0.417. The molecule has 0 radical (unpaired) electrons. The lowest BCUT2D eigenvalue weighted by Gasteiger charge is -2.21. The summed E-state index contributed by atoms with van der Waals surface area (Å²) in [5.74, 6) is -0.645. The number of aryl methyl sites for hydroxylation is 1. The Balaban J connectivity index is 3.05. The number of amides is 1. The number of nitrogens with zero attached hydrogens (tertiary/aromatic N) is 2. The van der Waals surface area contributed by atoms with E-state index in [1.807, 2.05) is 6.92 Å². The molecule has 1 aromatic heterocycles. The van der Waals surface area contributed by atoms with Crippen molar-refractivity contribution in [2.75, 3.05) is 25.0 Å². The Morgan fingerprint density at radius 1 is 1.44 bits per heavy atom. The average Bonchev–Trinajstić information content (AvgIpc) is 2.34. The predicted molar refractivity (Wildman–Crippen MR) is 67.9 cm³/mol. The molecule has 0 unspecified atom stereocenters. The SMILES string of the molecule is CCN(CC(=O)NC)c1cc(C(=O)O)cc(C)n1. The molecule has 1 heterocycles. The summed E-state index contributed by atoms with van der Waals surface area (Å²) in [6, 6.07) is 2.97. The van der Waals surface area contributed by atoms with Crippen molar-refractivity contribution in [3.05, 3.63) is 23.4 Å². The number of carbonyl (C=O) groups is 2. The first-order valence-electron chi connectivity index (χ1n) is 5.65. The molecule has 2 N–H and O–H groups in total. The van der Waals surface area contributed by atoms with Gasteiger partial charge in [0.1, 0.15) is 5.82 Å². The molecular weight excluding hydrogens is 234 g/mol. The molecule has 0 bridgehead atoms. The number of carbonyl (C=O) groups excluding carboxylic acids is 1. The second kappa shape index (κ2) is 6.00. The van der Waals surface area contributed by atoms with Crippen LogP contribution in [0.4, 0.5) is 5.82 Å². The number of hydrogen-bond donors (Lipinski definition) is 2. The van der Waals surface area contributed by atoms with Gasteiger partial charge in [-0.25, -0.2) is 9.78 Å². The highest BCUT2D eigenvalue weighted by Gasteiger charge is 2.13. The van der Waals surface area contributed by atoms with Crippen LogP contribution in [-0.2, 0) is 4.79 Å². The van der Waals surface area contributed by atoms with E-state index in [9.17, 15) is 9.59 Å². The number of hydrogen-bond acceptors (Lipinski definition) is 4. The first-order chi connectivity index (χ1) is 8.47. The Bertz CT molecular complexity index is 460. The summed E-state index contributed by atoms with van der Waals surface area (Å²) in [6.45, 7) is 4.34. The summed E-state index contributed by atoms with van der Waals surface area (Å²) < 4.78 is 0. The lowest BCUT2D eigenvalue weighted by molar-refractivity contribution is -0.119. The fourth-order valence-electron chi connectivity index (χ4n) is 1.54. The molecule has 6 heteroatoms. The quantitative estimate of drug-likeness (QED) is 0.803. The molecule has 18 heavy (non-hydrogen) atoms. The topological polar surface area (TPSA) is 82.5 Å². The van der Waals surface area contributed by atoms with Gasteiger partial charge >= 0.3 is 5.97 Å². The van der Waals surface area contributed by atoms with Gasteiger partial charge in [0.2, 0.25) is 5.91 Å². The first kappa shape index (κ1) is 14.0. The Hall–Kier alpha value is -2.11. The zero-order valence-electron chi connectivity index (χ0n) is 10.7. The number of nitrogens with one attached hydrogen (secondary N) is 1. The second-order valence-corrected chi connectivity index (χ2v) is 3.85. The van der Waals surface area contributed by atoms with Crippen LogP contribution in [0.2, 0.25) is 0 Å². The summed E-state index contributed by atoms with van der Waals surface area (Å²) in [6.07, 6.45) is 0. The van der Waals surface area contributed by atoms with E-state index < -0.39 is 5.97 Å². The molecule has 0 atom stereocenters. The highest BCUT2D eigenvalue weighted by molar-refractivity contribution is 5.89. The predicted octanol–water partition coefficient (Wildman–Crippen LogP) is 0.661. The van der Waals surface area contributed by atoms with Gasteiger partial charge in [0, 0.05) is 19.3 Å². The maximum Gasteiger partial charge on any atom is 0.335 e. The molecule has 0 saturated heterocycles. The van der Waals surface area contributed by atoms with Crippen molar-refractivity contribution in [3.63, 3.8) is 0 Å². The first-order valence-corrected chi connectivity index (χ1v) is 5.65. The Morgan fingerprint density at radius 2 is 2.11 bits per heavy atom. The Kier molecular flexibility index (Phi) is 4.65. The molecule has 0 aliphatic carbocycles. The van der Waals surface area contributed by atoms with E-state index in [0.29, 0.717) is 18.1 Å². The lowest BCUT2D eigenvalue weighted by Crippen LogP contribution is -2.36. The third kappa shape index (κ3) is 3.44. The number of aromatic carboxylic acids is 1. The van der Waals surface area contributed by atoms with Gasteiger partial charge in [-0.15, -0.1) is 0 Å². The molecule has 0 spiro atoms. The van der Waals surface area contributed by atoms with E-state index in [4.69, 9.17) is 5.11 Å². The summed E-state index contributed by atoms with van der Waals surface area (Å²) in [7, 11) is 1.56. The minimum Gasteiger partial charge on any atom is -0.478 e. The Morgan fingerprint density at radius 3 is 2.61 bits per heavy atom. The monoisotopic (exact) mass is 251 g/mol. The van der Waals surface area contributed by atoms with Crippen LogP contribution in [-0.4, -0.2) is 42.1 Å². The van der Waals surface area contributed by atoms with Gasteiger partial charge < -0.3 is 15.3 Å². The number of rotatable bonds is 5. The van der Waals surface area contributed by atoms with Crippen LogP contribution in [0.1, 0.15) is 23.0 Å². The van der Waals surface area contributed by atoms with Crippen molar-refractivity contribution >= 4 is 17.7 Å². The van der Waals surface area contributed by atoms with E-state index >= 15 is 0 Å². The van der Waals surface area contributed by atoms with Gasteiger partial charge in [-0.1, -0.05) is 0 Å². The van der Waals surface area contributed by atoms with Gasteiger partial charge in [0.25, 0.3) is 0 Å². The van der Waals surface area contributed by atoms with E-state index in [2.05, 4.69) is 10.3 Å². The molecule has 1 rings (SSSR count). The van der Waals surface area contributed by atoms with Crippen LogP contribution in [0.25, 0.3) is 0 Å². The maximum atomic E-state index is 11.4. The van der Waals surface area contributed by atoms with Crippen molar-refractivity contribution in [1.29, 1.82) is 0 Å². The van der Waals surface area contributed by atoms with Crippen molar-refractivity contribution in [1.82, 2.24) is 10.3 Å². The highest BCUT2D eigenvalue weighted by Crippen LogP contribution is 2.14. The average molecular weight is 251 g/mol. The van der Waals surface area contributed by atoms with Crippen molar-refractivity contribution in [3.8, 4) is 0 Å². The minimum atomic E-state index is -1.00. The zero-order chi connectivity index (χ0) is 13.7. The molecule has 1 aromatic rings. The van der Waals surface area contributed by atoms with Gasteiger partial charge in [-0.3, -0.25) is 4.79 Å². The van der Waals surface area contributed by atoms with Gasteiger partial charge in [-0.2, -0.15) is 0 Å². The summed E-state index contributed by atoms with van der Waals surface area (Å²) in [4.78, 5) is 28.3. The van der Waals surface area contributed by atoms with Gasteiger partial charge in [-0.05, 0) is 26.0 Å². The normalized spacial score (nSPS) is 9.94. The molecule has 0 aliphatic heterocycles. The molecular formula is C12H17N3O3.